The van der Waals surface area contributed by atoms with Gasteiger partial charge in [-0.2, -0.15) is 0 Å². The molecule has 1 aliphatic carbocycles. The minimum atomic E-state index is -2.34. The van der Waals surface area contributed by atoms with Crippen molar-refractivity contribution in [2.45, 2.75) is 54.9 Å². The summed E-state index contributed by atoms with van der Waals surface area (Å²) in [4.78, 5) is 4.81. The third kappa shape index (κ3) is 2.36. The van der Waals surface area contributed by atoms with Crippen molar-refractivity contribution in [3.8, 4) is 0 Å². The molecule has 0 bridgehead atoms. The number of nitrogens with zero attached hydrogens (tertiary/aromatic N) is 1. The van der Waals surface area contributed by atoms with Crippen molar-refractivity contribution in [3.05, 3.63) is 11.8 Å². The standard InChI is InChI=1S/C10H17NO.2CH3.Sn/c1-2-9(8-12)11-10-6-4-3-5-7-10;;;/h6,9H,2-5,7-8H2,1H3;2*1H3;/q-2;;;+2/t9-;;;/m0.../s1. The summed E-state index contributed by atoms with van der Waals surface area (Å²) in [5.41, 5.74) is 1.62. The minimum absolute atomic E-state index is 0.681. The topological polar surface area (TPSA) is 12.5 Å². The van der Waals surface area contributed by atoms with E-state index in [4.69, 9.17) is 3.07 Å². The Morgan fingerprint density at radius 3 is 2.87 bits per heavy atom. The molecular weight excluding hydrogens is 293 g/mol. The van der Waals surface area contributed by atoms with Crippen molar-refractivity contribution in [3.63, 3.8) is 0 Å². The van der Waals surface area contributed by atoms with E-state index in [1.54, 1.807) is 5.70 Å². The number of hydrogen-bond acceptors (Lipinski definition) is 2. The molecular formula is C12H23NOSn. The third-order valence-corrected chi connectivity index (χ3v) is 11.3. The summed E-state index contributed by atoms with van der Waals surface area (Å²) >= 11 is -2.34. The molecule has 0 radical (unpaired) electrons. The van der Waals surface area contributed by atoms with Gasteiger partial charge in [0.2, 0.25) is 0 Å². The molecule has 0 aromatic heterocycles. The molecule has 1 atom stereocenters. The van der Waals surface area contributed by atoms with E-state index >= 15 is 0 Å². The second kappa shape index (κ2) is 4.66. The van der Waals surface area contributed by atoms with Crippen LogP contribution in [0.5, 0.6) is 0 Å². The maximum absolute atomic E-state index is 6.10. The zero-order valence-corrected chi connectivity index (χ0v) is 13.1. The SMILES string of the molecule is CC[C@H]1C[O][Sn]([CH3])([CH3])[N]1C1=CCCCC1. The van der Waals surface area contributed by atoms with E-state index in [1.165, 1.54) is 32.1 Å². The van der Waals surface area contributed by atoms with Crippen molar-refractivity contribution in [1.29, 1.82) is 0 Å². The Kier molecular flexibility index (Phi) is 3.66. The average molecular weight is 316 g/mol. The van der Waals surface area contributed by atoms with Crippen molar-refractivity contribution in [2.24, 2.45) is 0 Å². The molecule has 0 unspecified atom stereocenters. The van der Waals surface area contributed by atoms with Gasteiger partial charge >= 0.3 is 98.6 Å². The van der Waals surface area contributed by atoms with Crippen LogP contribution in [0.3, 0.4) is 0 Å². The van der Waals surface area contributed by atoms with Crippen LogP contribution in [0.15, 0.2) is 11.8 Å². The first kappa shape index (κ1) is 11.8. The first-order chi connectivity index (χ1) is 7.15. The molecule has 0 spiro atoms. The molecule has 86 valence electrons. The van der Waals surface area contributed by atoms with Gasteiger partial charge in [0.25, 0.3) is 0 Å². The summed E-state index contributed by atoms with van der Waals surface area (Å²) < 4.78 is 8.83. The molecule has 1 aliphatic heterocycles. The summed E-state index contributed by atoms with van der Waals surface area (Å²) in [6, 6.07) is 0.681. The second-order valence-electron chi connectivity index (χ2n) is 5.13. The summed E-state index contributed by atoms with van der Waals surface area (Å²) in [6.07, 6.45) is 9.04. The summed E-state index contributed by atoms with van der Waals surface area (Å²) in [5.74, 6) is 0. The fourth-order valence-corrected chi connectivity index (χ4v) is 10.7. The Hall–Kier alpha value is 0.299. The summed E-state index contributed by atoms with van der Waals surface area (Å²) in [7, 11) is 0. The van der Waals surface area contributed by atoms with Crippen LogP contribution in [0, 0.1) is 0 Å². The van der Waals surface area contributed by atoms with Gasteiger partial charge in [0.15, 0.2) is 0 Å². The van der Waals surface area contributed by atoms with Crippen LogP contribution >= 0.6 is 0 Å². The van der Waals surface area contributed by atoms with Crippen LogP contribution in [-0.4, -0.2) is 34.8 Å². The summed E-state index contributed by atoms with van der Waals surface area (Å²) in [6.45, 7) is 3.27. The van der Waals surface area contributed by atoms with E-state index < -0.39 is 19.1 Å². The van der Waals surface area contributed by atoms with Crippen LogP contribution in [0.2, 0.25) is 9.88 Å². The van der Waals surface area contributed by atoms with Gasteiger partial charge in [-0.25, -0.2) is 0 Å². The molecule has 2 nitrogen and oxygen atoms in total. The van der Waals surface area contributed by atoms with Gasteiger partial charge in [-0.3, -0.25) is 0 Å². The first-order valence-electron chi connectivity index (χ1n) is 6.27. The molecule has 0 amide bonds. The normalized spacial score (nSPS) is 30.5. The maximum atomic E-state index is 6.10. The number of allylic oxidation sites excluding steroid dienone is 2. The third-order valence-electron chi connectivity index (χ3n) is 3.62. The molecule has 0 saturated carbocycles. The quantitative estimate of drug-likeness (QED) is 0.725. The summed E-state index contributed by atoms with van der Waals surface area (Å²) in [5, 5.41) is 0. The van der Waals surface area contributed by atoms with E-state index in [-0.39, 0.29) is 0 Å². The first-order valence-corrected chi connectivity index (χ1v) is 14.4. The molecule has 2 aliphatic rings. The van der Waals surface area contributed by atoms with Crippen molar-refractivity contribution in [2.75, 3.05) is 6.61 Å². The Morgan fingerprint density at radius 2 is 2.27 bits per heavy atom. The van der Waals surface area contributed by atoms with Crippen LogP contribution in [0.25, 0.3) is 0 Å². The number of hydrogen-bond donors (Lipinski definition) is 0. The Bertz CT molecular complexity index is 262. The Labute approximate surface area is 98.4 Å². The predicted molar refractivity (Wildman–Crippen MR) is 65.9 cm³/mol. The van der Waals surface area contributed by atoms with Crippen molar-refractivity contribution < 1.29 is 3.07 Å². The fraction of sp³-hybridized carbons (Fsp3) is 0.833. The van der Waals surface area contributed by atoms with Crippen molar-refractivity contribution >= 4 is 19.1 Å². The van der Waals surface area contributed by atoms with Gasteiger partial charge in [-0.15, -0.1) is 0 Å². The fourth-order valence-electron chi connectivity index (χ4n) is 2.80. The van der Waals surface area contributed by atoms with Gasteiger partial charge in [0.1, 0.15) is 0 Å². The molecule has 1 heterocycles. The van der Waals surface area contributed by atoms with E-state index in [9.17, 15) is 0 Å². The predicted octanol–water partition coefficient (Wildman–Crippen LogP) is 3.26. The van der Waals surface area contributed by atoms with Crippen molar-refractivity contribution in [1.82, 2.24) is 3.12 Å². The van der Waals surface area contributed by atoms with Gasteiger partial charge in [0.05, 0.1) is 0 Å². The monoisotopic (exact) mass is 317 g/mol. The van der Waals surface area contributed by atoms with Gasteiger partial charge in [-0.1, -0.05) is 0 Å². The van der Waals surface area contributed by atoms with Gasteiger partial charge < -0.3 is 0 Å². The molecule has 1 saturated heterocycles. The van der Waals surface area contributed by atoms with Crippen LogP contribution < -0.4 is 0 Å². The second-order valence-corrected chi connectivity index (χ2v) is 15.6. The van der Waals surface area contributed by atoms with Crippen LogP contribution in [0.4, 0.5) is 0 Å². The zero-order valence-electron chi connectivity index (χ0n) is 10.3. The van der Waals surface area contributed by atoms with Gasteiger partial charge in [-0.05, 0) is 0 Å². The molecule has 0 aromatic carbocycles. The van der Waals surface area contributed by atoms with Crippen LogP contribution in [0.1, 0.15) is 39.0 Å². The van der Waals surface area contributed by atoms with E-state index in [0.717, 1.165) is 6.61 Å². The van der Waals surface area contributed by atoms with Crippen LogP contribution in [-0.2, 0) is 3.07 Å². The Morgan fingerprint density at radius 1 is 1.47 bits per heavy atom. The molecule has 1 fully saturated rings. The molecule has 2 rings (SSSR count). The molecule has 3 heteroatoms. The molecule has 15 heavy (non-hydrogen) atoms. The molecule has 0 aromatic rings. The van der Waals surface area contributed by atoms with E-state index in [0.29, 0.717) is 6.04 Å². The number of rotatable bonds is 2. The zero-order chi connectivity index (χ0) is 10.9. The van der Waals surface area contributed by atoms with E-state index in [2.05, 4.69) is 26.0 Å². The van der Waals surface area contributed by atoms with Gasteiger partial charge in [0, 0.05) is 0 Å². The Balaban J connectivity index is 2.19. The molecule has 0 N–H and O–H groups in total. The van der Waals surface area contributed by atoms with E-state index in [1.807, 2.05) is 0 Å². The average Bonchev–Trinajstić information content (AvgIpc) is 2.55.